The molecule has 0 saturated heterocycles. The lowest BCUT2D eigenvalue weighted by Crippen LogP contribution is -2.37. The normalized spacial score (nSPS) is 22.5. The van der Waals surface area contributed by atoms with E-state index in [0.717, 1.165) is 12.0 Å². The van der Waals surface area contributed by atoms with E-state index in [1.54, 1.807) is 6.07 Å². The Bertz CT molecular complexity index is 513. The second kappa shape index (κ2) is 6.02. The van der Waals surface area contributed by atoms with Crippen molar-refractivity contribution in [1.29, 1.82) is 0 Å². The maximum atomic E-state index is 13.2. The summed E-state index contributed by atoms with van der Waals surface area (Å²) in [5.74, 6) is -0.236. The maximum absolute atomic E-state index is 13.2. The van der Waals surface area contributed by atoms with Gasteiger partial charge in [-0.15, -0.1) is 0 Å². The van der Waals surface area contributed by atoms with Crippen LogP contribution in [0.2, 0.25) is 0 Å². The number of hydrogen-bond donors (Lipinski definition) is 2. The molecule has 0 radical (unpaired) electrons. The van der Waals surface area contributed by atoms with Crippen LogP contribution in [0.5, 0.6) is 0 Å². The fourth-order valence-corrected chi connectivity index (χ4v) is 2.19. The van der Waals surface area contributed by atoms with Crippen LogP contribution < -0.4 is 10.6 Å². The van der Waals surface area contributed by atoms with Crippen LogP contribution in [0.3, 0.4) is 0 Å². The molecular weight excluding hydrogens is 271 g/mol. The summed E-state index contributed by atoms with van der Waals surface area (Å²) in [6.07, 6.45) is 0.467. The van der Waals surface area contributed by atoms with Crippen LogP contribution in [-0.2, 0) is 4.74 Å². The average molecular weight is 294 g/mol. The minimum Gasteiger partial charge on any atom is -0.444 e. The molecular formula is C16H23FN2O2. The molecule has 1 aromatic rings. The molecule has 3 unspecified atom stereocenters. The number of hydrogen-bond acceptors (Lipinski definition) is 3. The van der Waals surface area contributed by atoms with Crippen LogP contribution in [0.15, 0.2) is 24.3 Å². The van der Waals surface area contributed by atoms with Gasteiger partial charge < -0.3 is 15.4 Å². The van der Waals surface area contributed by atoms with E-state index in [2.05, 4.69) is 10.6 Å². The number of ether oxygens (including phenoxy) is 1. The summed E-state index contributed by atoms with van der Waals surface area (Å²) in [5.41, 5.74) is 0.412. The number of nitrogens with one attached hydrogen (secondary N) is 2. The molecule has 116 valence electrons. The first-order chi connectivity index (χ1) is 9.74. The van der Waals surface area contributed by atoms with E-state index in [4.69, 9.17) is 4.74 Å². The Balaban J connectivity index is 1.78. The zero-order valence-electron chi connectivity index (χ0n) is 12.9. The van der Waals surface area contributed by atoms with E-state index in [-0.39, 0.29) is 23.9 Å². The van der Waals surface area contributed by atoms with Crippen molar-refractivity contribution in [3.8, 4) is 0 Å². The Morgan fingerprint density at radius 2 is 2.10 bits per heavy atom. The highest BCUT2D eigenvalue weighted by molar-refractivity contribution is 5.68. The van der Waals surface area contributed by atoms with Crippen molar-refractivity contribution in [2.75, 3.05) is 0 Å². The van der Waals surface area contributed by atoms with Gasteiger partial charge >= 0.3 is 6.09 Å². The molecule has 0 bridgehead atoms. The SMILES string of the molecule is CC(NC1CC1NC(=O)OC(C)(C)C)c1cccc(F)c1. The molecule has 21 heavy (non-hydrogen) atoms. The number of benzene rings is 1. The number of carbonyl (C=O) groups is 1. The maximum Gasteiger partial charge on any atom is 0.407 e. The topological polar surface area (TPSA) is 50.4 Å². The molecule has 0 aromatic heterocycles. The van der Waals surface area contributed by atoms with Gasteiger partial charge in [-0.25, -0.2) is 9.18 Å². The second-order valence-electron chi connectivity index (χ2n) is 6.54. The Kier molecular flexibility index (Phi) is 4.52. The third kappa shape index (κ3) is 5.01. The lowest BCUT2D eigenvalue weighted by atomic mass is 10.1. The van der Waals surface area contributed by atoms with Crippen molar-refractivity contribution >= 4 is 6.09 Å². The molecule has 2 N–H and O–H groups in total. The third-order valence-electron chi connectivity index (χ3n) is 3.31. The molecule has 1 saturated carbocycles. The van der Waals surface area contributed by atoms with Crippen LogP contribution in [-0.4, -0.2) is 23.8 Å². The van der Waals surface area contributed by atoms with Gasteiger partial charge in [0.1, 0.15) is 11.4 Å². The zero-order valence-corrected chi connectivity index (χ0v) is 12.9. The Morgan fingerprint density at radius 3 is 2.71 bits per heavy atom. The molecule has 5 heteroatoms. The minimum absolute atomic E-state index is 0.0381. The Labute approximate surface area is 125 Å². The summed E-state index contributed by atoms with van der Waals surface area (Å²) in [7, 11) is 0. The number of alkyl carbamates (subject to hydrolysis) is 1. The van der Waals surface area contributed by atoms with Crippen molar-refractivity contribution in [1.82, 2.24) is 10.6 Å². The van der Waals surface area contributed by atoms with E-state index >= 15 is 0 Å². The molecule has 0 aliphatic heterocycles. The largest absolute Gasteiger partial charge is 0.444 e. The first-order valence-electron chi connectivity index (χ1n) is 7.25. The van der Waals surface area contributed by atoms with Crippen molar-refractivity contribution in [3.05, 3.63) is 35.6 Å². The predicted molar refractivity (Wildman–Crippen MR) is 79.5 cm³/mol. The van der Waals surface area contributed by atoms with Gasteiger partial charge in [-0.3, -0.25) is 0 Å². The molecule has 1 aliphatic rings. The number of halogens is 1. The summed E-state index contributed by atoms with van der Waals surface area (Å²) in [6.45, 7) is 7.49. The van der Waals surface area contributed by atoms with E-state index in [1.807, 2.05) is 33.8 Å². The quantitative estimate of drug-likeness (QED) is 0.897. The predicted octanol–water partition coefficient (Wildman–Crippen LogP) is 3.14. The molecule has 4 nitrogen and oxygen atoms in total. The summed E-state index contributed by atoms with van der Waals surface area (Å²) in [6, 6.07) is 6.87. The molecule has 0 spiro atoms. The monoisotopic (exact) mass is 294 g/mol. The Morgan fingerprint density at radius 1 is 1.38 bits per heavy atom. The van der Waals surface area contributed by atoms with Gasteiger partial charge in [0.2, 0.25) is 0 Å². The molecule has 0 heterocycles. The molecule has 3 atom stereocenters. The standard InChI is InChI=1S/C16H23FN2O2/c1-10(11-6-5-7-12(17)8-11)18-13-9-14(13)19-15(20)21-16(2,3)4/h5-8,10,13-14,18H,9H2,1-4H3,(H,19,20). The fraction of sp³-hybridized carbons (Fsp3) is 0.562. The van der Waals surface area contributed by atoms with Crippen molar-refractivity contribution in [2.45, 2.75) is 57.8 Å². The Hall–Kier alpha value is -1.62. The van der Waals surface area contributed by atoms with Crippen LogP contribution in [0.1, 0.15) is 45.7 Å². The van der Waals surface area contributed by atoms with Gasteiger partial charge in [0.25, 0.3) is 0 Å². The van der Waals surface area contributed by atoms with Gasteiger partial charge in [-0.1, -0.05) is 12.1 Å². The van der Waals surface area contributed by atoms with Gasteiger partial charge in [0.05, 0.1) is 0 Å². The fourth-order valence-electron chi connectivity index (χ4n) is 2.19. The summed E-state index contributed by atoms with van der Waals surface area (Å²) in [4.78, 5) is 11.6. The molecule has 2 rings (SSSR count). The van der Waals surface area contributed by atoms with Gasteiger partial charge in [-0.2, -0.15) is 0 Å². The lowest BCUT2D eigenvalue weighted by molar-refractivity contribution is 0.0522. The highest BCUT2D eigenvalue weighted by Gasteiger charge is 2.40. The molecule has 1 amide bonds. The first-order valence-corrected chi connectivity index (χ1v) is 7.25. The summed E-state index contributed by atoms with van der Waals surface area (Å²) in [5, 5.41) is 6.21. The van der Waals surface area contributed by atoms with Crippen LogP contribution >= 0.6 is 0 Å². The second-order valence-corrected chi connectivity index (χ2v) is 6.54. The van der Waals surface area contributed by atoms with Crippen molar-refractivity contribution < 1.29 is 13.9 Å². The lowest BCUT2D eigenvalue weighted by Gasteiger charge is -2.20. The van der Waals surface area contributed by atoms with E-state index in [1.165, 1.54) is 12.1 Å². The third-order valence-corrected chi connectivity index (χ3v) is 3.31. The summed E-state index contributed by atoms with van der Waals surface area (Å²) < 4.78 is 18.4. The minimum atomic E-state index is -0.489. The molecule has 1 aliphatic carbocycles. The zero-order chi connectivity index (χ0) is 15.6. The van der Waals surface area contributed by atoms with E-state index in [0.29, 0.717) is 0 Å². The number of amides is 1. The van der Waals surface area contributed by atoms with E-state index < -0.39 is 11.7 Å². The average Bonchev–Trinajstić information content (AvgIpc) is 3.04. The number of rotatable bonds is 4. The van der Waals surface area contributed by atoms with Crippen LogP contribution in [0.25, 0.3) is 0 Å². The number of carbonyl (C=O) groups excluding carboxylic acids is 1. The van der Waals surface area contributed by atoms with Crippen LogP contribution in [0, 0.1) is 5.82 Å². The smallest absolute Gasteiger partial charge is 0.407 e. The highest BCUT2D eigenvalue weighted by Crippen LogP contribution is 2.26. The van der Waals surface area contributed by atoms with Gasteiger partial charge in [0, 0.05) is 18.1 Å². The van der Waals surface area contributed by atoms with Gasteiger partial charge in [-0.05, 0) is 51.8 Å². The summed E-state index contributed by atoms with van der Waals surface area (Å²) >= 11 is 0. The van der Waals surface area contributed by atoms with Crippen LogP contribution in [0.4, 0.5) is 9.18 Å². The molecule has 1 aromatic carbocycles. The van der Waals surface area contributed by atoms with Crippen molar-refractivity contribution in [3.63, 3.8) is 0 Å². The van der Waals surface area contributed by atoms with Crippen molar-refractivity contribution in [2.24, 2.45) is 0 Å². The first kappa shape index (κ1) is 15.8. The highest BCUT2D eigenvalue weighted by atomic mass is 19.1. The van der Waals surface area contributed by atoms with Gasteiger partial charge in [0.15, 0.2) is 0 Å². The molecule has 1 fully saturated rings. The van der Waals surface area contributed by atoms with E-state index in [9.17, 15) is 9.18 Å².